The number of rotatable bonds is 5. The predicted molar refractivity (Wildman–Crippen MR) is 74.6 cm³/mol. The predicted octanol–water partition coefficient (Wildman–Crippen LogP) is 1.89. The minimum absolute atomic E-state index is 0.0882. The highest BCUT2D eigenvalue weighted by molar-refractivity contribution is 7.89. The molecule has 2 rings (SSSR count). The van der Waals surface area contributed by atoms with E-state index < -0.39 is 10.0 Å². The van der Waals surface area contributed by atoms with Gasteiger partial charge in [0.25, 0.3) is 0 Å². The highest BCUT2D eigenvalue weighted by Crippen LogP contribution is 2.37. The lowest BCUT2D eigenvalue weighted by Gasteiger charge is -2.35. The monoisotopic (exact) mass is 305 g/mol. The molecule has 0 aromatic carbocycles. The number of aryl methyl sites for hydroxylation is 1. The Kier molecular flexibility index (Phi) is 4.53. The largest absolute Gasteiger partial charge is 0.274 e. The van der Waals surface area contributed by atoms with E-state index in [-0.39, 0.29) is 10.3 Å². The van der Waals surface area contributed by atoms with E-state index in [2.05, 4.69) is 9.82 Å². The van der Waals surface area contributed by atoms with Crippen LogP contribution >= 0.6 is 11.6 Å². The molecule has 0 spiro atoms. The Morgan fingerprint density at radius 3 is 2.63 bits per heavy atom. The molecule has 1 heterocycles. The van der Waals surface area contributed by atoms with Crippen molar-refractivity contribution in [3.05, 3.63) is 12.4 Å². The van der Waals surface area contributed by atoms with Crippen molar-refractivity contribution in [2.24, 2.45) is 12.5 Å². The van der Waals surface area contributed by atoms with Gasteiger partial charge >= 0.3 is 0 Å². The molecule has 19 heavy (non-hydrogen) atoms. The molecule has 1 aromatic rings. The Morgan fingerprint density at radius 2 is 2.11 bits per heavy atom. The van der Waals surface area contributed by atoms with Crippen LogP contribution in [0.1, 0.15) is 32.1 Å². The van der Waals surface area contributed by atoms with E-state index in [9.17, 15) is 8.42 Å². The van der Waals surface area contributed by atoms with Crippen molar-refractivity contribution in [2.45, 2.75) is 37.0 Å². The quantitative estimate of drug-likeness (QED) is 0.845. The molecule has 1 aliphatic carbocycles. The highest BCUT2D eigenvalue weighted by atomic mass is 35.5. The molecule has 1 N–H and O–H groups in total. The summed E-state index contributed by atoms with van der Waals surface area (Å²) in [6, 6.07) is 0. The first-order valence-electron chi connectivity index (χ1n) is 6.52. The fourth-order valence-electron chi connectivity index (χ4n) is 2.53. The molecule has 1 aliphatic rings. The summed E-state index contributed by atoms with van der Waals surface area (Å²) in [5.41, 5.74) is -0.0882. The topological polar surface area (TPSA) is 64.0 Å². The van der Waals surface area contributed by atoms with E-state index in [1.807, 2.05) is 0 Å². The summed E-state index contributed by atoms with van der Waals surface area (Å²) in [5.74, 6) is 0.503. The zero-order valence-corrected chi connectivity index (χ0v) is 12.7. The van der Waals surface area contributed by atoms with Crippen LogP contribution in [0.2, 0.25) is 0 Å². The highest BCUT2D eigenvalue weighted by Gasteiger charge is 2.32. The Balaban J connectivity index is 2.04. The molecule has 1 saturated carbocycles. The standard InChI is InChI=1S/C12H20ClN3O2S/c1-16-8-11(7-14-16)19(17,18)15-10-12(9-13)5-3-2-4-6-12/h7-8,15H,2-6,9-10H2,1H3. The van der Waals surface area contributed by atoms with Crippen molar-refractivity contribution in [3.63, 3.8) is 0 Å². The van der Waals surface area contributed by atoms with Crippen LogP contribution < -0.4 is 4.72 Å². The Labute approximate surface area is 119 Å². The number of alkyl halides is 1. The molecule has 0 radical (unpaired) electrons. The van der Waals surface area contributed by atoms with E-state index in [4.69, 9.17) is 11.6 Å². The van der Waals surface area contributed by atoms with Crippen LogP contribution in [-0.2, 0) is 17.1 Å². The molecule has 0 atom stereocenters. The first kappa shape index (κ1) is 14.8. The van der Waals surface area contributed by atoms with Crippen LogP contribution in [0, 0.1) is 5.41 Å². The molecule has 1 aromatic heterocycles. The fourth-order valence-corrected chi connectivity index (χ4v) is 4.03. The van der Waals surface area contributed by atoms with Gasteiger partial charge in [-0.3, -0.25) is 4.68 Å². The Hall–Kier alpha value is -0.590. The van der Waals surface area contributed by atoms with Gasteiger partial charge in [0.2, 0.25) is 10.0 Å². The zero-order chi connectivity index (χ0) is 13.9. The van der Waals surface area contributed by atoms with Crippen molar-refractivity contribution in [1.82, 2.24) is 14.5 Å². The van der Waals surface area contributed by atoms with E-state index in [0.717, 1.165) is 25.7 Å². The van der Waals surface area contributed by atoms with Crippen molar-refractivity contribution in [2.75, 3.05) is 12.4 Å². The summed E-state index contributed by atoms with van der Waals surface area (Å²) < 4.78 is 28.4. The number of sulfonamides is 1. The van der Waals surface area contributed by atoms with Gasteiger partial charge in [0.05, 0.1) is 6.20 Å². The molecule has 0 aliphatic heterocycles. The maximum atomic E-state index is 12.1. The van der Waals surface area contributed by atoms with Gasteiger partial charge in [-0.05, 0) is 18.3 Å². The number of aromatic nitrogens is 2. The van der Waals surface area contributed by atoms with Gasteiger partial charge < -0.3 is 0 Å². The molecule has 5 nitrogen and oxygen atoms in total. The first-order chi connectivity index (χ1) is 8.97. The van der Waals surface area contributed by atoms with Gasteiger partial charge in [0, 0.05) is 25.7 Å². The second kappa shape index (κ2) is 5.81. The van der Waals surface area contributed by atoms with E-state index in [0.29, 0.717) is 12.4 Å². The number of nitrogens with zero attached hydrogens (tertiary/aromatic N) is 2. The second-order valence-electron chi connectivity index (χ2n) is 5.37. The molecule has 0 bridgehead atoms. The number of halogens is 1. The molecule has 7 heteroatoms. The van der Waals surface area contributed by atoms with Crippen molar-refractivity contribution in [1.29, 1.82) is 0 Å². The van der Waals surface area contributed by atoms with Crippen LogP contribution in [0.3, 0.4) is 0 Å². The lowest BCUT2D eigenvalue weighted by Crippen LogP contribution is -2.40. The Morgan fingerprint density at radius 1 is 1.42 bits per heavy atom. The normalized spacial score (nSPS) is 19.5. The van der Waals surface area contributed by atoms with Gasteiger partial charge in [-0.1, -0.05) is 19.3 Å². The zero-order valence-electron chi connectivity index (χ0n) is 11.1. The van der Waals surface area contributed by atoms with Gasteiger partial charge in [-0.15, -0.1) is 11.6 Å². The summed E-state index contributed by atoms with van der Waals surface area (Å²) in [5, 5.41) is 3.89. The van der Waals surface area contributed by atoms with E-state index in [1.165, 1.54) is 23.5 Å². The van der Waals surface area contributed by atoms with Crippen molar-refractivity contribution in [3.8, 4) is 0 Å². The smallest absolute Gasteiger partial charge is 0.243 e. The molecule has 0 saturated heterocycles. The second-order valence-corrected chi connectivity index (χ2v) is 7.40. The maximum absolute atomic E-state index is 12.1. The molecule has 0 unspecified atom stereocenters. The van der Waals surface area contributed by atoms with Crippen LogP contribution in [0.5, 0.6) is 0 Å². The summed E-state index contributed by atoms with van der Waals surface area (Å²) in [4.78, 5) is 0.204. The average Bonchev–Trinajstić information content (AvgIpc) is 2.85. The van der Waals surface area contributed by atoms with E-state index in [1.54, 1.807) is 7.05 Å². The van der Waals surface area contributed by atoms with Crippen LogP contribution in [0.15, 0.2) is 17.3 Å². The Bertz CT molecular complexity index is 521. The summed E-state index contributed by atoms with van der Waals surface area (Å²) >= 11 is 6.06. The first-order valence-corrected chi connectivity index (χ1v) is 8.54. The fraction of sp³-hybridized carbons (Fsp3) is 0.750. The molecule has 108 valence electrons. The number of hydrogen-bond donors (Lipinski definition) is 1. The maximum Gasteiger partial charge on any atom is 0.243 e. The number of hydrogen-bond acceptors (Lipinski definition) is 3. The van der Waals surface area contributed by atoms with Gasteiger partial charge in [0.15, 0.2) is 0 Å². The van der Waals surface area contributed by atoms with Gasteiger partial charge in [-0.25, -0.2) is 13.1 Å². The molecular formula is C12H20ClN3O2S. The van der Waals surface area contributed by atoms with Crippen molar-refractivity contribution >= 4 is 21.6 Å². The lowest BCUT2D eigenvalue weighted by atomic mass is 9.76. The third-order valence-electron chi connectivity index (χ3n) is 3.83. The third-order valence-corrected chi connectivity index (χ3v) is 5.75. The minimum atomic E-state index is -3.48. The molecule has 0 amide bonds. The van der Waals surface area contributed by atoms with E-state index >= 15 is 0 Å². The van der Waals surface area contributed by atoms with Gasteiger partial charge in [-0.2, -0.15) is 5.10 Å². The average molecular weight is 306 g/mol. The summed E-state index contributed by atoms with van der Waals surface area (Å²) in [6.07, 6.45) is 8.31. The summed E-state index contributed by atoms with van der Waals surface area (Å²) in [6.45, 7) is 0.410. The van der Waals surface area contributed by atoms with Crippen molar-refractivity contribution < 1.29 is 8.42 Å². The molecular weight excluding hydrogens is 286 g/mol. The van der Waals surface area contributed by atoms with Crippen LogP contribution in [0.25, 0.3) is 0 Å². The lowest BCUT2D eigenvalue weighted by molar-refractivity contribution is 0.223. The van der Waals surface area contributed by atoms with Crippen LogP contribution in [0.4, 0.5) is 0 Å². The van der Waals surface area contributed by atoms with Gasteiger partial charge in [0.1, 0.15) is 4.90 Å². The SMILES string of the molecule is Cn1cc(S(=O)(=O)NCC2(CCl)CCCCC2)cn1. The molecule has 1 fully saturated rings. The third kappa shape index (κ3) is 3.49. The minimum Gasteiger partial charge on any atom is -0.274 e. The number of nitrogens with one attached hydrogen (secondary N) is 1. The van der Waals surface area contributed by atoms with Crippen LogP contribution in [-0.4, -0.2) is 30.6 Å². The summed E-state index contributed by atoms with van der Waals surface area (Å²) in [7, 11) is -1.78.